The van der Waals surface area contributed by atoms with E-state index in [1.165, 1.54) is 6.92 Å². The van der Waals surface area contributed by atoms with Crippen molar-refractivity contribution >= 4 is 29.6 Å². The van der Waals surface area contributed by atoms with Gasteiger partial charge < -0.3 is 24.7 Å². The van der Waals surface area contributed by atoms with Gasteiger partial charge in [0.15, 0.2) is 0 Å². The number of ether oxygens (including phenoxy) is 2. The molecule has 1 N–H and O–H groups in total. The van der Waals surface area contributed by atoms with Crippen molar-refractivity contribution in [3.8, 4) is 0 Å². The number of benzene rings is 1. The van der Waals surface area contributed by atoms with Gasteiger partial charge in [0, 0.05) is 17.9 Å². The van der Waals surface area contributed by atoms with E-state index in [1.807, 2.05) is 0 Å². The average molecular weight is 434 g/mol. The zero-order chi connectivity index (χ0) is 20.5. The number of hydrogen-bond acceptors (Lipinski definition) is 6. The number of carbonyl (C=O) groups excluding carboxylic acids is 3. The summed E-state index contributed by atoms with van der Waals surface area (Å²) in [5.41, 5.74) is 0.675. The van der Waals surface area contributed by atoms with Crippen LogP contribution in [0.15, 0.2) is 24.3 Å². The van der Waals surface area contributed by atoms with E-state index in [1.54, 1.807) is 24.3 Å². The summed E-state index contributed by atoms with van der Waals surface area (Å²) in [6.07, 6.45) is 2.74. The summed E-state index contributed by atoms with van der Waals surface area (Å²) in [7, 11) is 0. The molecule has 0 radical (unpaired) electrons. The van der Waals surface area contributed by atoms with Gasteiger partial charge in [-0.15, -0.1) is 0 Å². The summed E-state index contributed by atoms with van der Waals surface area (Å²) in [6, 6.07) is 6.06. The number of hydrogen-bond donors (Lipinski definition) is 1. The van der Waals surface area contributed by atoms with E-state index in [2.05, 4.69) is 5.32 Å². The average Bonchev–Trinajstić information content (AvgIpc) is 2.66. The third kappa shape index (κ3) is 9.38. The molecule has 2 atom stereocenters. The minimum atomic E-state index is -1.22. The molecular weight excluding hydrogens is 409 g/mol. The number of nitrogens with one attached hydrogen (secondary N) is 1. The largest absolute Gasteiger partial charge is 1.00 e. The number of aliphatic carboxylic acids is 1. The molecule has 1 fully saturated rings. The molecule has 1 saturated carbocycles. The van der Waals surface area contributed by atoms with E-state index in [9.17, 15) is 19.5 Å². The monoisotopic (exact) mass is 433 g/mol. The fraction of sp³-hybridized carbons (Fsp3) is 0.550. The Morgan fingerprint density at radius 2 is 1.76 bits per heavy atom. The van der Waals surface area contributed by atoms with E-state index >= 15 is 0 Å². The number of carbonyl (C=O) groups is 3. The van der Waals surface area contributed by atoms with Gasteiger partial charge in [0.25, 0.3) is 0 Å². The molecule has 29 heavy (non-hydrogen) atoms. The molecule has 0 saturated heterocycles. The topological polar surface area (TPSA) is 105 Å². The number of halogens is 1. The zero-order valence-corrected chi connectivity index (χ0v) is 19.6. The first-order valence-electron chi connectivity index (χ1n) is 9.48. The first-order chi connectivity index (χ1) is 13.3. The Kier molecular flexibility index (Phi) is 11.6. The van der Waals surface area contributed by atoms with Gasteiger partial charge in [0.1, 0.15) is 0 Å². The van der Waals surface area contributed by atoms with Gasteiger partial charge in [0.2, 0.25) is 6.29 Å². The number of carboxylic acids is 1. The molecule has 0 spiro atoms. The van der Waals surface area contributed by atoms with Crippen LogP contribution in [0.2, 0.25) is 5.02 Å². The van der Waals surface area contributed by atoms with Crippen LogP contribution in [0.1, 0.15) is 63.5 Å². The van der Waals surface area contributed by atoms with Crippen LogP contribution in [0.4, 0.5) is 4.79 Å². The molecule has 2 unspecified atom stereocenters. The quantitative estimate of drug-likeness (QED) is 0.354. The van der Waals surface area contributed by atoms with Gasteiger partial charge in [0.05, 0.1) is 12.0 Å². The van der Waals surface area contributed by atoms with Crippen LogP contribution in [-0.2, 0) is 19.1 Å². The zero-order valence-electron chi connectivity index (χ0n) is 16.8. The number of amides is 1. The minimum Gasteiger partial charge on any atom is -0.550 e. The number of esters is 1. The maximum Gasteiger partial charge on any atom is 1.00 e. The second-order valence-corrected chi connectivity index (χ2v) is 7.34. The molecule has 0 heterocycles. The first kappa shape index (κ1) is 25.8. The molecule has 1 aromatic rings. The maximum atomic E-state index is 12.2. The van der Waals surface area contributed by atoms with Crippen LogP contribution in [-0.4, -0.2) is 24.3 Å². The van der Waals surface area contributed by atoms with Crippen molar-refractivity contribution in [2.75, 3.05) is 0 Å². The van der Waals surface area contributed by atoms with Crippen LogP contribution < -0.4 is 40.0 Å². The van der Waals surface area contributed by atoms with Crippen LogP contribution in [0.3, 0.4) is 0 Å². The molecule has 0 bridgehead atoms. The Bertz CT molecular complexity index is 678. The number of rotatable bonds is 8. The Hall–Kier alpha value is -1.28. The van der Waals surface area contributed by atoms with E-state index in [-0.39, 0.29) is 54.3 Å². The van der Waals surface area contributed by atoms with E-state index < -0.39 is 24.4 Å². The van der Waals surface area contributed by atoms with E-state index in [0.717, 1.165) is 32.1 Å². The molecule has 0 aliphatic heterocycles. The molecule has 9 heteroatoms. The second kappa shape index (κ2) is 13.1. The van der Waals surface area contributed by atoms with Crippen molar-refractivity contribution in [1.82, 2.24) is 5.32 Å². The fourth-order valence-corrected chi connectivity index (χ4v) is 3.35. The first-order valence-corrected chi connectivity index (χ1v) is 9.86. The Balaban J connectivity index is 0.00000420. The number of alkyl carbamates (subject to hydrolysis) is 1. The SMILES string of the molecule is CC(OC(=O)NC(CCC(=O)[O-])c1ccc(Cl)cc1)OC(=O)C1CCCCC1.[Na+]. The van der Waals surface area contributed by atoms with Crippen LogP contribution in [0.5, 0.6) is 0 Å². The summed E-state index contributed by atoms with van der Waals surface area (Å²) in [6.45, 7) is 1.47. The van der Waals surface area contributed by atoms with Gasteiger partial charge >= 0.3 is 41.6 Å². The summed E-state index contributed by atoms with van der Waals surface area (Å²) in [5.74, 6) is -1.72. The fourth-order valence-electron chi connectivity index (χ4n) is 3.23. The third-order valence-corrected chi connectivity index (χ3v) is 4.95. The van der Waals surface area contributed by atoms with Crippen molar-refractivity contribution in [3.63, 3.8) is 0 Å². The number of carboxylic acid groups (broad SMARTS) is 1. The van der Waals surface area contributed by atoms with E-state index in [4.69, 9.17) is 21.1 Å². The molecular formula is C20H25ClNNaO6. The summed E-state index contributed by atoms with van der Waals surface area (Å²) in [5, 5.41) is 13.9. The molecule has 154 valence electrons. The van der Waals surface area contributed by atoms with Gasteiger partial charge in [-0.25, -0.2) is 4.79 Å². The van der Waals surface area contributed by atoms with Crippen molar-refractivity contribution in [2.45, 2.75) is 64.2 Å². The van der Waals surface area contributed by atoms with Crippen LogP contribution >= 0.6 is 11.6 Å². The molecule has 2 rings (SSSR count). The summed E-state index contributed by atoms with van der Waals surface area (Å²) >= 11 is 5.87. The Morgan fingerprint density at radius 3 is 2.34 bits per heavy atom. The van der Waals surface area contributed by atoms with Crippen LogP contribution in [0, 0.1) is 5.92 Å². The van der Waals surface area contributed by atoms with Gasteiger partial charge in [-0.1, -0.05) is 43.0 Å². The minimum absolute atomic E-state index is 0. The third-order valence-electron chi connectivity index (χ3n) is 4.70. The van der Waals surface area contributed by atoms with Gasteiger partial charge in [-0.05, 0) is 43.4 Å². The van der Waals surface area contributed by atoms with Crippen LogP contribution in [0.25, 0.3) is 0 Å². The molecule has 1 amide bonds. The standard InChI is InChI=1S/C20H26ClNO6.Na/c1-13(27-19(25)15-5-3-2-4-6-15)28-20(26)22-17(11-12-18(23)24)14-7-9-16(21)10-8-14;/h7-10,13,15,17H,2-6,11-12H2,1H3,(H,22,26)(H,23,24);/q;+1/p-1. The maximum absolute atomic E-state index is 12.2. The smallest absolute Gasteiger partial charge is 0.550 e. The predicted molar refractivity (Wildman–Crippen MR) is 100 cm³/mol. The molecule has 0 aromatic heterocycles. The molecule has 1 aliphatic carbocycles. The predicted octanol–water partition coefficient (Wildman–Crippen LogP) is 0.111. The molecule has 1 aliphatic rings. The van der Waals surface area contributed by atoms with Crippen molar-refractivity contribution in [3.05, 3.63) is 34.9 Å². The second-order valence-electron chi connectivity index (χ2n) is 6.90. The van der Waals surface area contributed by atoms with Crippen molar-refractivity contribution in [2.24, 2.45) is 5.92 Å². The normalized spacial score (nSPS) is 16.1. The summed E-state index contributed by atoms with van der Waals surface area (Å²) < 4.78 is 10.3. The Labute approximate surface area is 197 Å². The van der Waals surface area contributed by atoms with E-state index in [0.29, 0.717) is 10.6 Å². The molecule has 7 nitrogen and oxygen atoms in total. The molecule has 1 aromatic carbocycles. The van der Waals surface area contributed by atoms with Gasteiger partial charge in [-0.2, -0.15) is 0 Å². The van der Waals surface area contributed by atoms with Crippen molar-refractivity contribution in [1.29, 1.82) is 0 Å². The Morgan fingerprint density at radius 1 is 1.14 bits per heavy atom. The van der Waals surface area contributed by atoms with Crippen molar-refractivity contribution < 1.29 is 58.5 Å². The summed E-state index contributed by atoms with van der Waals surface area (Å²) in [4.78, 5) is 35.1. The van der Waals surface area contributed by atoms with Gasteiger partial charge in [-0.3, -0.25) is 4.79 Å².